The number of benzene rings is 1. The molecule has 27 heavy (non-hydrogen) atoms. The Bertz CT molecular complexity index is 862. The summed E-state index contributed by atoms with van der Waals surface area (Å²) in [6, 6.07) is 12.0. The molecule has 1 aliphatic carbocycles. The standard InChI is InChI=1S/C19H23BrN2O3S2/c20-17-11-12-18(26-17)27(24,25)22-16(13-14-7-3-1-4-8-14)19(23)21-15-9-5-2-6-10-15/h1,3-4,7-8,11-12,15-16,22H,2,5-6,9-10,13H2,(H,21,23)/t16-/m1/s1. The zero-order valence-corrected chi connectivity index (χ0v) is 18.1. The second kappa shape index (κ2) is 9.32. The van der Waals surface area contributed by atoms with Gasteiger partial charge in [-0.25, -0.2) is 8.42 Å². The van der Waals surface area contributed by atoms with Crippen molar-refractivity contribution in [2.45, 2.75) is 54.8 Å². The average Bonchev–Trinajstić information content (AvgIpc) is 3.10. The normalized spacial score (nSPS) is 16.8. The van der Waals surface area contributed by atoms with Gasteiger partial charge in [-0.3, -0.25) is 4.79 Å². The van der Waals surface area contributed by atoms with Gasteiger partial charge < -0.3 is 5.32 Å². The first-order valence-corrected chi connectivity index (χ1v) is 12.2. The molecular formula is C19H23BrN2O3S2. The predicted molar refractivity (Wildman–Crippen MR) is 111 cm³/mol. The van der Waals surface area contributed by atoms with Crippen molar-refractivity contribution < 1.29 is 13.2 Å². The van der Waals surface area contributed by atoms with E-state index in [9.17, 15) is 13.2 Å². The summed E-state index contributed by atoms with van der Waals surface area (Å²) in [6.45, 7) is 0. The molecule has 1 aliphatic rings. The molecule has 1 heterocycles. The fourth-order valence-corrected chi connectivity index (χ4v) is 6.50. The molecule has 1 aromatic carbocycles. The number of carbonyl (C=O) groups is 1. The molecule has 0 saturated heterocycles. The van der Waals surface area contributed by atoms with Crippen LogP contribution in [0.1, 0.15) is 37.7 Å². The maximum atomic E-state index is 12.9. The Morgan fingerprint density at radius 3 is 2.44 bits per heavy atom. The number of hydrogen-bond acceptors (Lipinski definition) is 4. The molecule has 1 atom stereocenters. The minimum atomic E-state index is -3.77. The molecule has 0 spiro atoms. The van der Waals surface area contributed by atoms with Gasteiger partial charge in [0.1, 0.15) is 10.3 Å². The summed E-state index contributed by atoms with van der Waals surface area (Å²) < 4.78 is 29.0. The molecular weight excluding hydrogens is 448 g/mol. The molecule has 1 aromatic heterocycles. The number of amides is 1. The van der Waals surface area contributed by atoms with Crippen LogP contribution in [0, 0.1) is 0 Å². The molecule has 0 unspecified atom stereocenters. The highest BCUT2D eigenvalue weighted by atomic mass is 79.9. The third kappa shape index (κ3) is 5.88. The lowest BCUT2D eigenvalue weighted by molar-refractivity contribution is -0.123. The quantitative estimate of drug-likeness (QED) is 0.644. The van der Waals surface area contributed by atoms with Gasteiger partial charge >= 0.3 is 0 Å². The largest absolute Gasteiger partial charge is 0.352 e. The molecule has 0 aliphatic heterocycles. The maximum Gasteiger partial charge on any atom is 0.250 e. The van der Waals surface area contributed by atoms with Crippen molar-refractivity contribution in [1.29, 1.82) is 0 Å². The van der Waals surface area contributed by atoms with E-state index in [0.29, 0.717) is 6.42 Å². The molecule has 8 heteroatoms. The van der Waals surface area contributed by atoms with Gasteiger partial charge in [0, 0.05) is 6.04 Å². The van der Waals surface area contributed by atoms with Gasteiger partial charge in [-0.1, -0.05) is 49.6 Å². The Morgan fingerprint density at radius 2 is 1.81 bits per heavy atom. The second-order valence-electron chi connectivity index (χ2n) is 6.77. The van der Waals surface area contributed by atoms with Crippen LogP contribution in [0.15, 0.2) is 50.5 Å². The summed E-state index contributed by atoms with van der Waals surface area (Å²) in [5.41, 5.74) is 0.913. The Hall–Kier alpha value is -1.22. The van der Waals surface area contributed by atoms with Crippen molar-refractivity contribution in [3.05, 3.63) is 51.8 Å². The van der Waals surface area contributed by atoms with Crippen LogP contribution >= 0.6 is 27.3 Å². The van der Waals surface area contributed by atoms with Gasteiger partial charge in [0.05, 0.1) is 3.79 Å². The Kier molecular flexibility index (Phi) is 7.08. The van der Waals surface area contributed by atoms with Gasteiger partial charge in [-0.15, -0.1) is 11.3 Å². The van der Waals surface area contributed by atoms with Gasteiger partial charge in [0.25, 0.3) is 10.0 Å². The van der Waals surface area contributed by atoms with Crippen LogP contribution in [-0.4, -0.2) is 26.4 Å². The molecule has 146 valence electrons. The van der Waals surface area contributed by atoms with E-state index >= 15 is 0 Å². The fraction of sp³-hybridized carbons (Fsp3) is 0.421. The van der Waals surface area contributed by atoms with Gasteiger partial charge in [0.2, 0.25) is 5.91 Å². The van der Waals surface area contributed by atoms with E-state index in [1.807, 2.05) is 30.3 Å². The SMILES string of the molecule is O=C(NC1CCCCC1)[C@@H](Cc1ccccc1)NS(=O)(=O)c1ccc(Br)s1. The highest BCUT2D eigenvalue weighted by Gasteiger charge is 2.28. The molecule has 2 aromatic rings. The van der Waals surface area contributed by atoms with E-state index < -0.39 is 16.1 Å². The Labute approximate surface area is 172 Å². The van der Waals surface area contributed by atoms with Crippen LogP contribution < -0.4 is 10.0 Å². The van der Waals surface area contributed by atoms with Crippen LogP contribution in [0.4, 0.5) is 0 Å². The molecule has 0 bridgehead atoms. The summed E-state index contributed by atoms with van der Waals surface area (Å²) in [5.74, 6) is -0.259. The van der Waals surface area contributed by atoms with Crippen molar-refractivity contribution in [3.8, 4) is 0 Å². The summed E-state index contributed by atoms with van der Waals surface area (Å²) >= 11 is 4.41. The highest BCUT2D eigenvalue weighted by Crippen LogP contribution is 2.26. The topological polar surface area (TPSA) is 75.3 Å². The van der Waals surface area contributed by atoms with Crippen LogP contribution in [0.2, 0.25) is 0 Å². The minimum absolute atomic E-state index is 0.130. The summed E-state index contributed by atoms with van der Waals surface area (Å²) in [4.78, 5) is 12.9. The smallest absolute Gasteiger partial charge is 0.250 e. The number of carbonyl (C=O) groups excluding carboxylic acids is 1. The lowest BCUT2D eigenvalue weighted by Gasteiger charge is -2.26. The zero-order valence-electron chi connectivity index (χ0n) is 14.9. The molecule has 0 radical (unpaired) electrons. The van der Waals surface area contributed by atoms with Gasteiger partial charge in [-0.05, 0) is 52.9 Å². The Morgan fingerprint density at radius 1 is 1.11 bits per heavy atom. The number of thiophene rings is 1. The van der Waals surface area contributed by atoms with Crippen molar-refractivity contribution in [2.75, 3.05) is 0 Å². The van der Waals surface area contributed by atoms with E-state index in [2.05, 4.69) is 26.0 Å². The van der Waals surface area contributed by atoms with Crippen molar-refractivity contribution in [3.63, 3.8) is 0 Å². The molecule has 3 rings (SSSR count). The Balaban J connectivity index is 1.77. The average molecular weight is 471 g/mol. The third-order valence-electron chi connectivity index (χ3n) is 4.66. The van der Waals surface area contributed by atoms with Crippen molar-refractivity contribution >= 4 is 43.2 Å². The summed E-state index contributed by atoms with van der Waals surface area (Å²) in [7, 11) is -3.77. The predicted octanol–water partition coefficient (Wildman–Crippen LogP) is 3.85. The van der Waals surface area contributed by atoms with Crippen LogP contribution in [-0.2, 0) is 21.2 Å². The first kappa shape index (κ1) is 20.5. The molecule has 1 fully saturated rings. The monoisotopic (exact) mass is 470 g/mol. The zero-order chi connectivity index (χ0) is 19.3. The highest BCUT2D eigenvalue weighted by molar-refractivity contribution is 9.11. The number of rotatable bonds is 7. The second-order valence-corrected chi connectivity index (χ2v) is 11.2. The molecule has 1 amide bonds. The minimum Gasteiger partial charge on any atom is -0.352 e. The number of sulfonamides is 1. The first-order chi connectivity index (χ1) is 12.9. The van der Waals surface area contributed by atoms with Crippen molar-refractivity contribution in [1.82, 2.24) is 10.0 Å². The number of nitrogens with one attached hydrogen (secondary N) is 2. The lowest BCUT2D eigenvalue weighted by Crippen LogP contribution is -2.50. The van der Waals surface area contributed by atoms with Crippen LogP contribution in [0.25, 0.3) is 0 Å². The van der Waals surface area contributed by atoms with Crippen LogP contribution in [0.5, 0.6) is 0 Å². The van der Waals surface area contributed by atoms with Gasteiger partial charge in [0.15, 0.2) is 0 Å². The maximum absolute atomic E-state index is 12.9. The lowest BCUT2D eigenvalue weighted by atomic mass is 9.95. The van der Waals surface area contributed by atoms with Gasteiger partial charge in [-0.2, -0.15) is 4.72 Å². The molecule has 5 nitrogen and oxygen atoms in total. The van der Waals surface area contributed by atoms with E-state index in [0.717, 1.165) is 46.4 Å². The van der Waals surface area contributed by atoms with E-state index in [1.54, 1.807) is 6.07 Å². The molecule has 2 N–H and O–H groups in total. The molecule has 1 saturated carbocycles. The van der Waals surface area contributed by atoms with E-state index in [4.69, 9.17) is 0 Å². The summed E-state index contributed by atoms with van der Waals surface area (Å²) in [6.07, 6.45) is 5.61. The first-order valence-electron chi connectivity index (χ1n) is 9.06. The van der Waals surface area contributed by atoms with E-state index in [1.165, 1.54) is 12.5 Å². The summed E-state index contributed by atoms with van der Waals surface area (Å²) in [5, 5.41) is 3.05. The number of hydrogen-bond donors (Lipinski definition) is 2. The fourth-order valence-electron chi connectivity index (χ4n) is 3.27. The third-order valence-corrected chi connectivity index (χ3v) is 8.25. The van der Waals surface area contributed by atoms with Crippen LogP contribution in [0.3, 0.4) is 0 Å². The van der Waals surface area contributed by atoms with Crippen molar-refractivity contribution in [2.24, 2.45) is 0 Å². The number of halogens is 1. The van der Waals surface area contributed by atoms with E-state index in [-0.39, 0.29) is 16.2 Å².